The number of benzene rings is 1. The Hall–Kier alpha value is -4.20. The summed E-state index contributed by atoms with van der Waals surface area (Å²) in [5.41, 5.74) is -0.621. The van der Waals surface area contributed by atoms with E-state index in [4.69, 9.17) is 9.47 Å². The summed E-state index contributed by atoms with van der Waals surface area (Å²) in [4.78, 5) is 43.9. The molecule has 0 N–H and O–H groups in total. The molecule has 1 fully saturated rings. The average Bonchev–Trinajstić information content (AvgIpc) is 3.62. The number of imidazole rings is 1. The van der Waals surface area contributed by atoms with Crippen LogP contribution in [0.15, 0.2) is 46.2 Å². The minimum atomic E-state index is -4.47. The number of ether oxygens (including phenoxy) is 2. The Kier molecular flexibility index (Phi) is 9.37. The highest BCUT2D eigenvalue weighted by molar-refractivity contribution is 5.76. The van der Waals surface area contributed by atoms with Crippen LogP contribution in [-0.4, -0.2) is 41.2 Å². The zero-order valence-corrected chi connectivity index (χ0v) is 24.7. The molecule has 0 spiro atoms. The Morgan fingerprint density at radius 3 is 2.55 bits per heavy atom. The number of hydrogen-bond donors (Lipinski definition) is 0. The maximum absolute atomic E-state index is 13.6. The lowest BCUT2D eigenvalue weighted by molar-refractivity contribution is -0.165. The number of aromatic nitrogens is 6. The highest BCUT2D eigenvalue weighted by atomic mass is 19.4. The lowest BCUT2D eigenvalue weighted by Gasteiger charge is -2.19. The number of aryl methyl sites for hydroxylation is 1. The van der Waals surface area contributed by atoms with Crippen LogP contribution >= 0.6 is 0 Å². The van der Waals surface area contributed by atoms with E-state index in [9.17, 15) is 27.6 Å². The maximum atomic E-state index is 13.6. The summed E-state index contributed by atoms with van der Waals surface area (Å²) in [7, 11) is 0. The summed E-state index contributed by atoms with van der Waals surface area (Å²) in [6.45, 7) is 3.60. The molecule has 0 bridgehead atoms. The maximum Gasteiger partial charge on any atom is 0.416 e. The Morgan fingerprint density at radius 2 is 1.84 bits per heavy atom. The first-order chi connectivity index (χ1) is 21.1. The van der Waals surface area contributed by atoms with Crippen LogP contribution in [0.25, 0.3) is 22.6 Å². The van der Waals surface area contributed by atoms with Crippen molar-refractivity contribution in [3.8, 4) is 11.4 Å². The van der Waals surface area contributed by atoms with E-state index in [0.29, 0.717) is 17.5 Å². The first kappa shape index (κ1) is 31.2. The van der Waals surface area contributed by atoms with Crippen molar-refractivity contribution < 1.29 is 27.4 Å². The Bertz CT molecular complexity index is 1750. The van der Waals surface area contributed by atoms with Crippen molar-refractivity contribution in [1.82, 2.24) is 28.5 Å². The number of rotatable bonds is 11. The molecule has 0 radical (unpaired) electrons. The fourth-order valence-corrected chi connectivity index (χ4v) is 5.63. The minimum Gasteiger partial charge on any atom is -0.438 e. The van der Waals surface area contributed by atoms with Crippen LogP contribution in [0.3, 0.4) is 0 Å². The molecule has 236 valence electrons. The molecule has 0 saturated heterocycles. The molecule has 44 heavy (non-hydrogen) atoms. The van der Waals surface area contributed by atoms with Gasteiger partial charge in [-0.05, 0) is 43.9 Å². The molecule has 3 aromatic heterocycles. The van der Waals surface area contributed by atoms with Crippen LogP contribution in [0.1, 0.15) is 63.5 Å². The van der Waals surface area contributed by atoms with Crippen molar-refractivity contribution in [1.29, 1.82) is 0 Å². The van der Waals surface area contributed by atoms with Gasteiger partial charge in [-0.15, -0.1) is 0 Å². The number of halogens is 3. The van der Waals surface area contributed by atoms with E-state index in [1.165, 1.54) is 26.1 Å². The zero-order chi connectivity index (χ0) is 31.4. The number of carbonyl (C=O) groups is 1. The Balaban J connectivity index is 1.48. The predicted molar refractivity (Wildman–Crippen MR) is 155 cm³/mol. The lowest BCUT2D eigenvalue weighted by atomic mass is 9.89. The molecule has 0 aliphatic heterocycles. The third-order valence-electron chi connectivity index (χ3n) is 7.81. The van der Waals surface area contributed by atoms with Gasteiger partial charge in [0, 0.05) is 19.3 Å². The highest BCUT2D eigenvalue weighted by Gasteiger charge is 2.30. The van der Waals surface area contributed by atoms with Gasteiger partial charge in [-0.3, -0.25) is 28.0 Å². The zero-order valence-electron chi connectivity index (χ0n) is 24.7. The van der Waals surface area contributed by atoms with E-state index in [-0.39, 0.29) is 62.0 Å². The second kappa shape index (κ2) is 13.2. The first-order valence-corrected chi connectivity index (χ1v) is 14.8. The molecule has 0 unspecified atom stereocenters. The predicted octanol–water partition coefficient (Wildman–Crippen LogP) is 4.78. The summed E-state index contributed by atoms with van der Waals surface area (Å²) < 4.78 is 56.3. The van der Waals surface area contributed by atoms with Gasteiger partial charge in [-0.1, -0.05) is 38.3 Å². The van der Waals surface area contributed by atoms with Crippen molar-refractivity contribution in [2.24, 2.45) is 5.92 Å². The topological polar surface area (TPSA) is 115 Å². The normalized spacial score (nSPS) is 14.4. The van der Waals surface area contributed by atoms with Crippen LogP contribution in [0.2, 0.25) is 0 Å². The van der Waals surface area contributed by atoms with Gasteiger partial charge < -0.3 is 9.47 Å². The molecule has 5 rings (SSSR count). The van der Waals surface area contributed by atoms with Gasteiger partial charge in [-0.25, -0.2) is 9.78 Å². The van der Waals surface area contributed by atoms with Gasteiger partial charge in [-0.2, -0.15) is 18.3 Å². The third-order valence-corrected chi connectivity index (χ3v) is 7.81. The van der Waals surface area contributed by atoms with Gasteiger partial charge in [0.25, 0.3) is 5.56 Å². The summed E-state index contributed by atoms with van der Waals surface area (Å²) in [5, 5.41) is 4.31. The monoisotopic (exact) mass is 616 g/mol. The third kappa shape index (κ3) is 6.49. The van der Waals surface area contributed by atoms with E-state index in [1.54, 1.807) is 19.2 Å². The fourth-order valence-electron chi connectivity index (χ4n) is 5.63. The quantitative estimate of drug-likeness (QED) is 0.135. The van der Waals surface area contributed by atoms with Crippen LogP contribution in [-0.2, 0) is 46.8 Å². The SMILES string of the molecule is CCCn1c(=O)c2c(nc(-c3cnn(Cc4cccc(C(F)(F)F)c4)c3)n2COCOC(=O)C2CCCCC2)n(CC)c1=O. The number of carbonyl (C=O) groups excluding carboxylic acids is 1. The molecular weight excluding hydrogens is 581 g/mol. The van der Waals surface area contributed by atoms with Gasteiger partial charge in [0.15, 0.2) is 18.0 Å². The molecule has 1 aliphatic carbocycles. The van der Waals surface area contributed by atoms with Crippen molar-refractivity contribution >= 4 is 17.1 Å². The van der Waals surface area contributed by atoms with Crippen LogP contribution in [0.4, 0.5) is 13.2 Å². The average molecular weight is 617 g/mol. The van der Waals surface area contributed by atoms with Gasteiger partial charge in [0.1, 0.15) is 12.6 Å². The highest BCUT2D eigenvalue weighted by Crippen LogP contribution is 2.30. The van der Waals surface area contributed by atoms with E-state index in [0.717, 1.165) is 48.8 Å². The standard InChI is InChI=1S/C30H35F3N6O5/c1-3-13-38-27(40)24-26(37(4-2)29(38)42)35-25(39(24)18-43-19-44-28(41)21-10-6-5-7-11-21)22-15-34-36(17-22)16-20-9-8-12-23(14-20)30(31,32)33/h8-9,12,14-15,17,21H,3-7,10-11,13,16,18-19H2,1-2H3. The minimum absolute atomic E-state index is 0.0563. The van der Waals surface area contributed by atoms with Crippen molar-refractivity contribution in [2.75, 3.05) is 6.79 Å². The van der Waals surface area contributed by atoms with E-state index < -0.39 is 23.0 Å². The number of alkyl halides is 3. The summed E-state index contributed by atoms with van der Waals surface area (Å²) in [6, 6.07) is 4.98. The number of fused-ring (bicyclic) bond motifs is 1. The fraction of sp³-hybridized carbons (Fsp3) is 0.500. The van der Waals surface area contributed by atoms with Crippen LogP contribution in [0.5, 0.6) is 0 Å². The van der Waals surface area contributed by atoms with Crippen molar-refractivity contribution in [3.05, 3.63) is 68.6 Å². The Labute approximate surface area is 250 Å². The molecule has 11 nitrogen and oxygen atoms in total. The van der Waals surface area contributed by atoms with E-state index in [2.05, 4.69) is 10.1 Å². The van der Waals surface area contributed by atoms with Crippen molar-refractivity contribution in [3.63, 3.8) is 0 Å². The number of hydrogen-bond acceptors (Lipinski definition) is 7. The second-order valence-corrected chi connectivity index (χ2v) is 10.9. The lowest BCUT2D eigenvalue weighted by Crippen LogP contribution is -2.40. The molecule has 4 aromatic rings. The summed E-state index contributed by atoms with van der Waals surface area (Å²) >= 11 is 0. The molecular formula is C30H35F3N6O5. The summed E-state index contributed by atoms with van der Waals surface area (Å²) in [5.74, 6) is -0.205. The molecule has 1 aromatic carbocycles. The number of nitrogens with zero attached hydrogens (tertiary/aromatic N) is 6. The van der Waals surface area contributed by atoms with Crippen LogP contribution < -0.4 is 11.2 Å². The Morgan fingerprint density at radius 1 is 1.07 bits per heavy atom. The van der Waals surface area contributed by atoms with Crippen molar-refractivity contribution in [2.45, 2.75) is 84.9 Å². The smallest absolute Gasteiger partial charge is 0.416 e. The molecule has 3 heterocycles. The van der Waals surface area contributed by atoms with Gasteiger partial charge in [0.2, 0.25) is 0 Å². The van der Waals surface area contributed by atoms with E-state index >= 15 is 0 Å². The molecule has 0 amide bonds. The first-order valence-electron chi connectivity index (χ1n) is 14.8. The largest absolute Gasteiger partial charge is 0.438 e. The number of esters is 1. The molecule has 1 saturated carbocycles. The molecule has 0 atom stereocenters. The van der Waals surface area contributed by atoms with Crippen LogP contribution in [0, 0.1) is 5.92 Å². The molecule has 1 aliphatic rings. The van der Waals surface area contributed by atoms with E-state index in [1.807, 2.05) is 6.92 Å². The van der Waals surface area contributed by atoms with Gasteiger partial charge in [0.05, 0.1) is 29.8 Å². The van der Waals surface area contributed by atoms with Gasteiger partial charge >= 0.3 is 17.8 Å². The summed E-state index contributed by atoms with van der Waals surface area (Å²) in [6.07, 6.45) is 3.79. The molecule has 14 heteroatoms. The second-order valence-electron chi connectivity index (χ2n) is 10.9.